The minimum absolute atomic E-state index is 0.130. The van der Waals surface area contributed by atoms with Crippen molar-refractivity contribution in [1.29, 1.82) is 0 Å². The van der Waals surface area contributed by atoms with Crippen LogP contribution in [0, 0.1) is 6.92 Å². The van der Waals surface area contributed by atoms with Crippen molar-refractivity contribution >= 4 is 16.6 Å². The van der Waals surface area contributed by atoms with E-state index in [1.54, 1.807) is 7.05 Å². The average molecular weight is 213 g/mol. The number of carbonyl (C=O) groups is 1. The maximum absolute atomic E-state index is 11.7. The standard InChI is InChI=1S/C14H15NO/c1-10-3-4-12-8-13(14(16)9-15-2)6-5-11(12)7-10/h3-8,15H,9H2,1-2H3. The smallest absolute Gasteiger partial charge is 0.176 e. The number of aryl methyl sites for hydroxylation is 1. The van der Waals surface area contributed by atoms with E-state index in [0.717, 1.165) is 10.9 Å². The second-order valence-electron chi connectivity index (χ2n) is 4.02. The molecule has 0 aliphatic carbocycles. The molecule has 2 nitrogen and oxygen atoms in total. The van der Waals surface area contributed by atoms with Crippen LogP contribution in [0.3, 0.4) is 0 Å². The van der Waals surface area contributed by atoms with Gasteiger partial charge in [-0.25, -0.2) is 0 Å². The molecule has 0 aliphatic heterocycles. The first kappa shape index (κ1) is 10.8. The Kier molecular flexibility index (Phi) is 3.02. The predicted molar refractivity (Wildman–Crippen MR) is 66.9 cm³/mol. The molecule has 2 rings (SSSR count). The molecule has 0 atom stereocenters. The lowest BCUT2D eigenvalue weighted by molar-refractivity contribution is 0.0993. The fourth-order valence-corrected chi connectivity index (χ4v) is 1.80. The molecule has 0 spiro atoms. The van der Waals surface area contributed by atoms with Gasteiger partial charge in [-0.2, -0.15) is 0 Å². The van der Waals surface area contributed by atoms with Crippen LogP contribution in [0.4, 0.5) is 0 Å². The number of hydrogen-bond acceptors (Lipinski definition) is 2. The van der Waals surface area contributed by atoms with Crippen molar-refractivity contribution in [2.45, 2.75) is 6.92 Å². The van der Waals surface area contributed by atoms with Crippen molar-refractivity contribution in [3.05, 3.63) is 47.5 Å². The highest BCUT2D eigenvalue weighted by Gasteiger charge is 2.04. The third-order valence-corrected chi connectivity index (χ3v) is 2.66. The molecule has 2 aromatic carbocycles. The van der Waals surface area contributed by atoms with E-state index in [0.29, 0.717) is 6.54 Å². The molecule has 0 saturated heterocycles. The van der Waals surface area contributed by atoms with Crippen LogP contribution in [0.1, 0.15) is 15.9 Å². The molecule has 16 heavy (non-hydrogen) atoms. The van der Waals surface area contributed by atoms with Crippen LogP contribution in [-0.4, -0.2) is 19.4 Å². The van der Waals surface area contributed by atoms with E-state index in [9.17, 15) is 4.79 Å². The van der Waals surface area contributed by atoms with Gasteiger partial charge in [0, 0.05) is 5.56 Å². The highest BCUT2D eigenvalue weighted by molar-refractivity contribution is 6.01. The minimum atomic E-state index is 0.130. The molecule has 0 amide bonds. The molecule has 0 heterocycles. The zero-order valence-corrected chi connectivity index (χ0v) is 9.58. The van der Waals surface area contributed by atoms with Crippen LogP contribution in [0.5, 0.6) is 0 Å². The number of hydrogen-bond donors (Lipinski definition) is 1. The van der Waals surface area contributed by atoms with Gasteiger partial charge in [0.2, 0.25) is 0 Å². The van der Waals surface area contributed by atoms with Crippen LogP contribution < -0.4 is 5.32 Å². The first-order valence-electron chi connectivity index (χ1n) is 5.39. The molecule has 0 fully saturated rings. The fraction of sp³-hybridized carbons (Fsp3) is 0.214. The maximum atomic E-state index is 11.7. The van der Waals surface area contributed by atoms with Crippen LogP contribution in [0.2, 0.25) is 0 Å². The minimum Gasteiger partial charge on any atom is -0.313 e. The summed E-state index contributed by atoms with van der Waals surface area (Å²) in [6.07, 6.45) is 0. The van der Waals surface area contributed by atoms with Crippen molar-refractivity contribution in [3.63, 3.8) is 0 Å². The van der Waals surface area contributed by atoms with E-state index < -0.39 is 0 Å². The largest absolute Gasteiger partial charge is 0.313 e. The van der Waals surface area contributed by atoms with Gasteiger partial charge in [-0.15, -0.1) is 0 Å². The quantitative estimate of drug-likeness (QED) is 0.794. The number of ketones is 1. The highest BCUT2D eigenvalue weighted by atomic mass is 16.1. The lowest BCUT2D eigenvalue weighted by Gasteiger charge is -2.03. The Morgan fingerprint density at radius 2 is 1.81 bits per heavy atom. The SMILES string of the molecule is CNCC(=O)c1ccc2cc(C)ccc2c1. The molecule has 0 aromatic heterocycles. The van der Waals surface area contributed by atoms with Gasteiger partial charge in [-0.1, -0.05) is 35.9 Å². The van der Waals surface area contributed by atoms with Crippen molar-refractivity contribution in [1.82, 2.24) is 5.32 Å². The fourth-order valence-electron chi connectivity index (χ4n) is 1.80. The molecule has 0 radical (unpaired) electrons. The Balaban J connectivity index is 2.44. The van der Waals surface area contributed by atoms with Crippen molar-refractivity contribution in [2.75, 3.05) is 13.6 Å². The lowest BCUT2D eigenvalue weighted by Crippen LogP contribution is -2.18. The van der Waals surface area contributed by atoms with Gasteiger partial charge in [-0.3, -0.25) is 4.79 Å². The van der Waals surface area contributed by atoms with Crippen LogP contribution >= 0.6 is 0 Å². The van der Waals surface area contributed by atoms with Gasteiger partial charge in [0.05, 0.1) is 6.54 Å². The molecule has 0 aliphatic rings. The van der Waals surface area contributed by atoms with Crippen LogP contribution in [0.15, 0.2) is 36.4 Å². The Morgan fingerprint density at radius 1 is 1.12 bits per heavy atom. The van der Waals surface area contributed by atoms with Crippen molar-refractivity contribution in [3.8, 4) is 0 Å². The maximum Gasteiger partial charge on any atom is 0.176 e. The summed E-state index contributed by atoms with van der Waals surface area (Å²) < 4.78 is 0. The normalized spacial score (nSPS) is 10.6. The molecular formula is C14H15NO. The third kappa shape index (κ3) is 2.12. The molecule has 1 N–H and O–H groups in total. The Hall–Kier alpha value is -1.67. The monoisotopic (exact) mass is 213 g/mol. The average Bonchev–Trinajstić information content (AvgIpc) is 2.28. The second-order valence-corrected chi connectivity index (χ2v) is 4.02. The Bertz CT molecular complexity index is 531. The van der Waals surface area contributed by atoms with E-state index in [4.69, 9.17) is 0 Å². The van der Waals surface area contributed by atoms with E-state index >= 15 is 0 Å². The molecule has 0 unspecified atom stereocenters. The second kappa shape index (κ2) is 4.45. The summed E-state index contributed by atoms with van der Waals surface area (Å²) >= 11 is 0. The number of carbonyl (C=O) groups excluding carboxylic acids is 1. The lowest BCUT2D eigenvalue weighted by atomic mass is 10.0. The summed E-state index contributed by atoms with van der Waals surface area (Å²) in [4.78, 5) is 11.7. The zero-order chi connectivity index (χ0) is 11.5. The van der Waals surface area contributed by atoms with E-state index in [-0.39, 0.29) is 5.78 Å². The molecule has 0 saturated carbocycles. The van der Waals surface area contributed by atoms with Crippen LogP contribution in [0.25, 0.3) is 10.8 Å². The summed E-state index contributed by atoms with van der Waals surface area (Å²) in [5.41, 5.74) is 2.01. The number of rotatable bonds is 3. The predicted octanol–water partition coefficient (Wildman–Crippen LogP) is 2.55. The van der Waals surface area contributed by atoms with E-state index in [2.05, 4.69) is 30.4 Å². The molecule has 2 aromatic rings. The van der Waals surface area contributed by atoms with Gasteiger partial charge in [0.25, 0.3) is 0 Å². The topological polar surface area (TPSA) is 29.1 Å². The van der Waals surface area contributed by atoms with Gasteiger partial charge < -0.3 is 5.32 Å². The summed E-state index contributed by atoms with van der Waals surface area (Å²) in [7, 11) is 1.78. The van der Waals surface area contributed by atoms with Gasteiger partial charge in [0.15, 0.2) is 5.78 Å². The molecule has 82 valence electrons. The molecule has 0 bridgehead atoms. The number of nitrogens with one attached hydrogen (secondary N) is 1. The molecule has 2 heteroatoms. The van der Waals surface area contributed by atoms with Crippen molar-refractivity contribution in [2.24, 2.45) is 0 Å². The number of benzene rings is 2. The Morgan fingerprint density at radius 3 is 2.56 bits per heavy atom. The van der Waals surface area contributed by atoms with E-state index in [1.165, 1.54) is 10.9 Å². The number of fused-ring (bicyclic) bond motifs is 1. The molecular weight excluding hydrogens is 198 g/mol. The van der Waals surface area contributed by atoms with Crippen LogP contribution in [-0.2, 0) is 0 Å². The van der Waals surface area contributed by atoms with E-state index in [1.807, 2.05) is 18.2 Å². The summed E-state index contributed by atoms with van der Waals surface area (Å²) in [5, 5.41) is 5.17. The van der Waals surface area contributed by atoms with Gasteiger partial charge >= 0.3 is 0 Å². The van der Waals surface area contributed by atoms with Crippen molar-refractivity contribution < 1.29 is 4.79 Å². The third-order valence-electron chi connectivity index (χ3n) is 2.66. The van der Waals surface area contributed by atoms with Gasteiger partial charge in [0.1, 0.15) is 0 Å². The summed E-state index contributed by atoms with van der Waals surface area (Å²) in [6.45, 7) is 2.46. The number of Topliss-reactive ketones (excluding diaryl/α,β-unsaturated/α-hetero) is 1. The zero-order valence-electron chi connectivity index (χ0n) is 9.58. The first-order valence-corrected chi connectivity index (χ1v) is 5.39. The number of likely N-dealkylation sites (N-methyl/N-ethyl adjacent to an activating group) is 1. The summed E-state index contributed by atoms with van der Waals surface area (Å²) in [5.74, 6) is 0.130. The summed E-state index contributed by atoms with van der Waals surface area (Å²) in [6, 6.07) is 12.1. The van der Waals surface area contributed by atoms with Gasteiger partial charge in [-0.05, 0) is 30.8 Å². The Labute approximate surface area is 95.3 Å². The highest BCUT2D eigenvalue weighted by Crippen LogP contribution is 2.17. The first-order chi connectivity index (χ1) is 7.70.